The molecule has 0 saturated carbocycles. The largest absolute Gasteiger partial charge is 0.294 e. The van der Waals surface area contributed by atoms with Gasteiger partial charge in [-0.1, -0.05) is 6.07 Å². The van der Waals surface area contributed by atoms with Crippen molar-refractivity contribution in [3.8, 4) is 0 Å². The highest BCUT2D eigenvalue weighted by molar-refractivity contribution is 7.89. The molecule has 0 spiro atoms. The summed E-state index contributed by atoms with van der Waals surface area (Å²) in [4.78, 5) is 10.6. The summed E-state index contributed by atoms with van der Waals surface area (Å²) in [5.41, 5.74) is 1.15. The van der Waals surface area contributed by atoms with E-state index in [0.29, 0.717) is 26.2 Å². The van der Waals surface area contributed by atoms with Crippen LogP contribution in [0.4, 0.5) is 0 Å². The van der Waals surface area contributed by atoms with Crippen LogP contribution in [0, 0.1) is 0 Å². The molecule has 1 aliphatic heterocycles. The van der Waals surface area contributed by atoms with Gasteiger partial charge in [0.2, 0.25) is 10.0 Å². The Morgan fingerprint density at radius 3 is 2.22 bits per heavy atom. The summed E-state index contributed by atoms with van der Waals surface area (Å²) in [6.07, 6.45) is 6.60. The Morgan fingerprint density at radius 1 is 1.00 bits per heavy atom. The zero-order valence-electron chi connectivity index (χ0n) is 13.0. The second-order valence-corrected chi connectivity index (χ2v) is 7.53. The Labute approximate surface area is 136 Å². The summed E-state index contributed by atoms with van der Waals surface area (Å²) in [6, 6.07) is 7.44. The molecule has 1 saturated heterocycles. The van der Waals surface area contributed by atoms with E-state index in [9.17, 15) is 8.42 Å². The molecule has 1 aliphatic rings. The average molecular weight is 332 g/mol. The number of sulfonamides is 1. The number of aromatic nitrogens is 2. The van der Waals surface area contributed by atoms with E-state index in [2.05, 4.69) is 27.9 Å². The molecular formula is C16H20N4O2S. The minimum absolute atomic E-state index is 0.229. The standard InChI is InChI=1S/C16H20N4O2S/c1-14(15-4-2-6-17-12-15)19-8-10-20(11-9-19)23(21,22)16-5-3-7-18-13-16/h2-7,12-14H,8-11H2,1H3/t14-/m1/s1. The first-order valence-electron chi connectivity index (χ1n) is 7.63. The van der Waals surface area contributed by atoms with Gasteiger partial charge in [0.05, 0.1) is 0 Å². The van der Waals surface area contributed by atoms with Crippen molar-refractivity contribution in [2.75, 3.05) is 26.2 Å². The summed E-state index contributed by atoms with van der Waals surface area (Å²) >= 11 is 0. The Balaban J connectivity index is 1.67. The van der Waals surface area contributed by atoms with Crippen LogP contribution in [0.3, 0.4) is 0 Å². The van der Waals surface area contributed by atoms with Gasteiger partial charge in [-0.25, -0.2) is 8.42 Å². The van der Waals surface area contributed by atoms with E-state index in [-0.39, 0.29) is 10.9 Å². The number of piperazine rings is 1. The van der Waals surface area contributed by atoms with Gasteiger partial charge in [-0.05, 0) is 30.7 Å². The van der Waals surface area contributed by atoms with E-state index >= 15 is 0 Å². The molecule has 23 heavy (non-hydrogen) atoms. The first kappa shape index (κ1) is 16.0. The van der Waals surface area contributed by atoms with Crippen molar-refractivity contribution in [1.29, 1.82) is 0 Å². The van der Waals surface area contributed by atoms with E-state index < -0.39 is 10.0 Å². The minimum Gasteiger partial charge on any atom is -0.294 e. The third-order valence-electron chi connectivity index (χ3n) is 4.26. The van der Waals surface area contributed by atoms with Crippen LogP contribution < -0.4 is 0 Å². The lowest BCUT2D eigenvalue weighted by Crippen LogP contribution is -2.49. The van der Waals surface area contributed by atoms with Crippen molar-refractivity contribution in [2.45, 2.75) is 17.9 Å². The fourth-order valence-electron chi connectivity index (χ4n) is 2.81. The SMILES string of the molecule is C[C@H](c1cccnc1)N1CCN(S(=O)(=O)c2cccnc2)CC1. The van der Waals surface area contributed by atoms with Crippen molar-refractivity contribution in [3.63, 3.8) is 0 Å². The van der Waals surface area contributed by atoms with E-state index in [4.69, 9.17) is 0 Å². The highest BCUT2D eigenvalue weighted by Crippen LogP contribution is 2.23. The Morgan fingerprint density at radius 2 is 1.65 bits per heavy atom. The highest BCUT2D eigenvalue weighted by atomic mass is 32.2. The summed E-state index contributed by atoms with van der Waals surface area (Å²) < 4.78 is 26.7. The third-order valence-corrected chi connectivity index (χ3v) is 6.14. The maximum Gasteiger partial charge on any atom is 0.244 e. The Bertz CT molecular complexity index is 729. The smallest absolute Gasteiger partial charge is 0.244 e. The van der Waals surface area contributed by atoms with Gasteiger partial charge in [0.25, 0.3) is 0 Å². The van der Waals surface area contributed by atoms with Crippen LogP contribution in [-0.2, 0) is 10.0 Å². The number of pyridine rings is 2. The maximum atomic E-state index is 12.6. The number of nitrogens with zero attached hydrogens (tertiary/aromatic N) is 4. The van der Waals surface area contributed by atoms with Crippen LogP contribution in [0.15, 0.2) is 53.9 Å². The number of hydrogen-bond donors (Lipinski definition) is 0. The van der Waals surface area contributed by atoms with Gasteiger partial charge in [-0.2, -0.15) is 4.31 Å². The average Bonchev–Trinajstić information content (AvgIpc) is 2.63. The van der Waals surface area contributed by atoms with Gasteiger partial charge in [-0.3, -0.25) is 14.9 Å². The minimum atomic E-state index is -3.44. The van der Waals surface area contributed by atoms with Gasteiger partial charge in [-0.15, -0.1) is 0 Å². The van der Waals surface area contributed by atoms with Gasteiger partial charge in [0, 0.05) is 57.0 Å². The van der Waals surface area contributed by atoms with Crippen LogP contribution >= 0.6 is 0 Å². The predicted molar refractivity (Wildman–Crippen MR) is 87.2 cm³/mol. The maximum absolute atomic E-state index is 12.6. The molecule has 2 aromatic rings. The van der Waals surface area contributed by atoms with Crippen LogP contribution in [0.1, 0.15) is 18.5 Å². The topological polar surface area (TPSA) is 66.4 Å². The molecule has 0 amide bonds. The molecule has 3 rings (SSSR count). The molecule has 0 bridgehead atoms. The van der Waals surface area contributed by atoms with Crippen LogP contribution in [-0.4, -0.2) is 53.8 Å². The van der Waals surface area contributed by atoms with Crippen molar-refractivity contribution in [3.05, 3.63) is 54.6 Å². The molecule has 7 heteroatoms. The van der Waals surface area contributed by atoms with Gasteiger partial charge >= 0.3 is 0 Å². The lowest BCUT2D eigenvalue weighted by molar-refractivity contribution is 0.145. The Hall–Kier alpha value is -1.83. The lowest BCUT2D eigenvalue weighted by atomic mass is 10.1. The molecule has 0 aromatic carbocycles. The predicted octanol–water partition coefficient (Wildman–Crippen LogP) is 1.54. The summed E-state index contributed by atoms with van der Waals surface area (Å²) in [6.45, 7) is 4.51. The van der Waals surface area contributed by atoms with Crippen molar-refractivity contribution in [2.24, 2.45) is 0 Å². The molecule has 0 aliphatic carbocycles. The fraction of sp³-hybridized carbons (Fsp3) is 0.375. The van der Waals surface area contributed by atoms with Gasteiger partial charge in [0.1, 0.15) is 4.90 Å². The summed E-state index contributed by atoms with van der Waals surface area (Å²) in [5, 5.41) is 0. The van der Waals surface area contributed by atoms with Gasteiger partial charge < -0.3 is 0 Å². The second-order valence-electron chi connectivity index (χ2n) is 5.59. The van der Waals surface area contributed by atoms with Crippen LogP contribution in [0.25, 0.3) is 0 Å². The zero-order valence-corrected chi connectivity index (χ0v) is 13.9. The molecule has 0 unspecified atom stereocenters. The highest BCUT2D eigenvalue weighted by Gasteiger charge is 2.30. The van der Waals surface area contributed by atoms with Crippen molar-refractivity contribution in [1.82, 2.24) is 19.2 Å². The molecule has 0 N–H and O–H groups in total. The monoisotopic (exact) mass is 332 g/mol. The second kappa shape index (κ2) is 6.74. The summed E-state index contributed by atoms with van der Waals surface area (Å²) in [7, 11) is -3.44. The third kappa shape index (κ3) is 3.41. The van der Waals surface area contributed by atoms with Crippen LogP contribution in [0.5, 0.6) is 0 Å². The lowest BCUT2D eigenvalue weighted by Gasteiger charge is -2.37. The van der Waals surface area contributed by atoms with E-state index in [1.165, 1.54) is 10.5 Å². The molecule has 122 valence electrons. The van der Waals surface area contributed by atoms with E-state index in [0.717, 1.165) is 5.56 Å². The van der Waals surface area contributed by atoms with Crippen LogP contribution in [0.2, 0.25) is 0 Å². The molecule has 3 heterocycles. The Kier molecular flexibility index (Phi) is 4.70. The fourth-order valence-corrected chi connectivity index (χ4v) is 4.20. The first-order valence-corrected chi connectivity index (χ1v) is 9.07. The van der Waals surface area contributed by atoms with E-state index in [1.807, 2.05) is 12.3 Å². The van der Waals surface area contributed by atoms with Crippen molar-refractivity contribution < 1.29 is 8.42 Å². The normalized spacial score (nSPS) is 18.7. The zero-order chi connectivity index (χ0) is 16.3. The summed E-state index contributed by atoms with van der Waals surface area (Å²) in [5.74, 6) is 0. The van der Waals surface area contributed by atoms with Crippen molar-refractivity contribution >= 4 is 10.0 Å². The van der Waals surface area contributed by atoms with Gasteiger partial charge in [0.15, 0.2) is 0 Å². The molecule has 2 aromatic heterocycles. The molecular weight excluding hydrogens is 312 g/mol. The number of rotatable bonds is 4. The molecule has 0 radical (unpaired) electrons. The number of hydrogen-bond acceptors (Lipinski definition) is 5. The van der Waals surface area contributed by atoms with E-state index in [1.54, 1.807) is 24.5 Å². The first-order chi connectivity index (χ1) is 11.1. The molecule has 1 fully saturated rings. The quantitative estimate of drug-likeness (QED) is 0.850. The molecule has 6 nitrogen and oxygen atoms in total. The molecule has 1 atom stereocenters.